The van der Waals surface area contributed by atoms with Crippen LogP contribution in [0.3, 0.4) is 0 Å². The molecular formula is C17H24N4O2S. The number of anilines is 1. The summed E-state index contributed by atoms with van der Waals surface area (Å²) in [5.74, 6) is 0.859. The fourth-order valence-corrected chi connectivity index (χ4v) is 4.35. The molecule has 1 unspecified atom stereocenters. The minimum atomic E-state index is -0.316. The average Bonchev–Trinajstić information content (AvgIpc) is 2.87. The molecule has 24 heavy (non-hydrogen) atoms. The van der Waals surface area contributed by atoms with E-state index in [2.05, 4.69) is 21.8 Å². The van der Waals surface area contributed by atoms with Crippen LogP contribution in [0.5, 0.6) is 0 Å². The number of likely N-dealkylation sites (tertiary alicyclic amines) is 1. The maximum Gasteiger partial charge on any atom is 0.348 e. The summed E-state index contributed by atoms with van der Waals surface area (Å²) in [7, 11) is 0. The summed E-state index contributed by atoms with van der Waals surface area (Å²) in [6.45, 7) is 8.04. The third-order valence-electron chi connectivity index (χ3n) is 4.61. The van der Waals surface area contributed by atoms with E-state index in [4.69, 9.17) is 10.5 Å². The fraction of sp³-hybridized carbons (Fsp3) is 0.588. The summed E-state index contributed by atoms with van der Waals surface area (Å²) < 4.78 is 5.12. The van der Waals surface area contributed by atoms with Crippen LogP contribution in [-0.4, -0.2) is 40.0 Å². The van der Waals surface area contributed by atoms with Crippen molar-refractivity contribution in [1.82, 2.24) is 14.9 Å². The molecule has 1 saturated heterocycles. The molecule has 0 amide bonds. The molecule has 0 radical (unpaired) electrons. The van der Waals surface area contributed by atoms with Crippen molar-refractivity contribution >= 4 is 33.3 Å². The summed E-state index contributed by atoms with van der Waals surface area (Å²) in [4.78, 5) is 25.0. The fourth-order valence-electron chi connectivity index (χ4n) is 3.25. The number of esters is 1. The smallest absolute Gasteiger partial charge is 0.348 e. The zero-order valence-corrected chi connectivity index (χ0v) is 15.3. The zero-order chi connectivity index (χ0) is 17.3. The molecule has 2 aromatic heterocycles. The number of aryl methyl sites for hydroxylation is 1. The number of nitrogens with two attached hydrogens (primary N) is 1. The molecular weight excluding hydrogens is 324 g/mol. The van der Waals surface area contributed by atoms with Crippen molar-refractivity contribution in [2.24, 2.45) is 0 Å². The monoisotopic (exact) mass is 348 g/mol. The molecule has 0 aliphatic carbocycles. The number of fused-ring (bicyclic) bond motifs is 1. The highest BCUT2D eigenvalue weighted by atomic mass is 32.1. The first kappa shape index (κ1) is 17.1. The number of aromatic nitrogens is 2. The third kappa shape index (κ3) is 3.23. The lowest BCUT2D eigenvalue weighted by atomic mass is 10.0. The lowest BCUT2D eigenvalue weighted by Gasteiger charge is -2.32. The Labute approximate surface area is 146 Å². The molecule has 130 valence electrons. The van der Waals surface area contributed by atoms with Gasteiger partial charge in [-0.2, -0.15) is 0 Å². The van der Waals surface area contributed by atoms with Crippen LogP contribution in [0, 0.1) is 6.92 Å². The van der Waals surface area contributed by atoms with Crippen LogP contribution in [-0.2, 0) is 11.3 Å². The lowest BCUT2D eigenvalue weighted by Crippen LogP contribution is -2.37. The van der Waals surface area contributed by atoms with Crippen LogP contribution in [0.15, 0.2) is 0 Å². The van der Waals surface area contributed by atoms with Gasteiger partial charge in [-0.25, -0.2) is 14.8 Å². The number of thiophene rings is 1. The second kappa shape index (κ2) is 7.03. The van der Waals surface area contributed by atoms with Gasteiger partial charge in [-0.3, -0.25) is 4.90 Å². The van der Waals surface area contributed by atoms with Gasteiger partial charge in [-0.05, 0) is 45.7 Å². The van der Waals surface area contributed by atoms with Gasteiger partial charge >= 0.3 is 5.97 Å². The number of hydrogen-bond donors (Lipinski definition) is 1. The SMILES string of the molecule is CCOC(=O)c1sc2nc(CN3CCCCC3C)nc(N)c2c1C. The molecule has 3 rings (SSSR count). The van der Waals surface area contributed by atoms with Crippen LogP contribution >= 0.6 is 11.3 Å². The molecule has 3 heterocycles. The molecule has 0 aromatic carbocycles. The topological polar surface area (TPSA) is 81.3 Å². The molecule has 7 heteroatoms. The first-order chi connectivity index (χ1) is 11.5. The summed E-state index contributed by atoms with van der Waals surface area (Å²) in [6, 6.07) is 0.541. The van der Waals surface area contributed by atoms with E-state index in [0.717, 1.165) is 28.1 Å². The number of piperidine rings is 1. The standard InChI is InChI=1S/C17H24N4O2S/c1-4-23-17(22)14-11(3)13-15(18)19-12(20-16(13)24-14)9-21-8-6-5-7-10(21)2/h10H,4-9H2,1-3H3,(H2,18,19,20). The van der Waals surface area contributed by atoms with Crippen LogP contribution in [0.1, 0.15) is 54.2 Å². The highest BCUT2D eigenvalue weighted by Gasteiger charge is 2.23. The van der Waals surface area contributed by atoms with Gasteiger partial charge in [0.05, 0.1) is 18.5 Å². The average molecular weight is 348 g/mol. The van der Waals surface area contributed by atoms with E-state index in [-0.39, 0.29) is 5.97 Å². The molecule has 1 atom stereocenters. The van der Waals surface area contributed by atoms with Crippen LogP contribution < -0.4 is 5.73 Å². The van der Waals surface area contributed by atoms with Crippen molar-refractivity contribution in [3.63, 3.8) is 0 Å². The summed E-state index contributed by atoms with van der Waals surface area (Å²) in [5.41, 5.74) is 6.98. The van der Waals surface area contributed by atoms with Crippen molar-refractivity contribution in [3.8, 4) is 0 Å². The molecule has 0 saturated carbocycles. The molecule has 2 aromatic rings. The largest absolute Gasteiger partial charge is 0.462 e. The molecule has 1 fully saturated rings. The van der Waals surface area contributed by atoms with Gasteiger partial charge in [-0.1, -0.05) is 6.42 Å². The minimum absolute atomic E-state index is 0.316. The number of carbonyl (C=O) groups excluding carboxylic acids is 1. The van der Waals surface area contributed by atoms with Gasteiger partial charge < -0.3 is 10.5 Å². The number of carbonyl (C=O) groups is 1. The minimum Gasteiger partial charge on any atom is -0.462 e. The Morgan fingerprint density at radius 2 is 2.21 bits per heavy atom. The number of rotatable bonds is 4. The van der Waals surface area contributed by atoms with Crippen LogP contribution in [0.2, 0.25) is 0 Å². The summed E-state index contributed by atoms with van der Waals surface area (Å²) in [5, 5.41) is 0.776. The highest BCUT2D eigenvalue weighted by Crippen LogP contribution is 2.33. The third-order valence-corrected chi connectivity index (χ3v) is 5.78. The van der Waals surface area contributed by atoms with Gasteiger partial charge in [0, 0.05) is 6.04 Å². The van der Waals surface area contributed by atoms with Gasteiger partial charge in [0.25, 0.3) is 0 Å². The van der Waals surface area contributed by atoms with E-state index in [9.17, 15) is 4.79 Å². The lowest BCUT2D eigenvalue weighted by molar-refractivity contribution is 0.0531. The number of nitrogen functional groups attached to an aromatic ring is 1. The highest BCUT2D eigenvalue weighted by molar-refractivity contribution is 7.20. The van der Waals surface area contributed by atoms with E-state index in [1.54, 1.807) is 6.92 Å². The van der Waals surface area contributed by atoms with Crippen LogP contribution in [0.4, 0.5) is 5.82 Å². The Morgan fingerprint density at radius 3 is 2.92 bits per heavy atom. The maximum atomic E-state index is 12.1. The molecule has 0 bridgehead atoms. The Morgan fingerprint density at radius 1 is 1.42 bits per heavy atom. The second-order valence-corrected chi connectivity index (χ2v) is 7.30. The van der Waals surface area contributed by atoms with E-state index in [0.29, 0.717) is 29.9 Å². The maximum absolute atomic E-state index is 12.1. The molecule has 2 N–H and O–H groups in total. The molecule has 1 aliphatic heterocycles. The Balaban J connectivity index is 1.93. The summed E-state index contributed by atoms with van der Waals surface area (Å²) in [6.07, 6.45) is 3.71. The normalized spacial score (nSPS) is 18.9. The number of ether oxygens (including phenoxy) is 1. The van der Waals surface area contributed by atoms with Crippen molar-refractivity contribution in [3.05, 3.63) is 16.3 Å². The Kier molecular flexibility index (Phi) is 5.01. The molecule has 6 nitrogen and oxygen atoms in total. The molecule has 0 spiro atoms. The van der Waals surface area contributed by atoms with E-state index >= 15 is 0 Å². The van der Waals surface area contributed by atoms with E-state index in [1.165, 1.54) is 30.6 Å². The van der Waals surface area contributed by atoms with E-state index in [1.807, 2.05) is 6.92 Å². The first-order valence-corrected chi connectivity index (χ1v) is 9.29. The van der Waals surface area contributed by atoms with Gasteiger partial charge in [0.2, 0.25) is 0 Å². The zero-order valence-electron chi connectivity index (χ0n) is 14.5. The van der Waals surface area contributed by atoms with Gasteiger partial charge in [-0.15, -0.1) is 11.3 Å². The van der Waals surface area contributed by atoms with Crippen molar-refractivity contribution in [2.45, 2.75) is 52.6 Å². The predicted molar refractivity (Wildman–Crippen MR) is 96.2 cm³/mol. The van der Waals surface area contributed by atoms with Gasteiger partial charge in [0.1, 0.15) is 21.3 Å². The second-order valence-electron chi connectivity index (χ2n) is 6.30. The van der Waals surface area contributed by atoms with Crippen molar-refractivity contribution in [2.75, 3.05) is 18.9 Å². The summed E-state index contributed by atoms with van der Waals surface area (Å²) >= 11 is 1.34. The quantitative estimate of drug-likeness (QED) is 0.855. The number of nitrogens with zero attached hydrogens (tertiary/aromatic N) is 3. The number of hydrogen-bond acceptors (Lipinski definition) is 7. The van der Waals surface area contributed by atoms with Gasteiger partial charge in [0.15, 0.2) is 0 Å². The Hall–Kier alpha value is -1.73. The van der Waals surface area contributed by atoms with E-state index < -0.39 is 0 Å². The molecule has 1 aliphatic rings. The van der Waals surface area contributed by atoms with Crippen molar-refractivity contribution < 1.29 is 9.53 Å². The Bertz CT molecular complexity index is 759. The first-order valence-electron chi connectivity index (χ1n) is 8.48. The van der Waals surface area contributed by atoms with Crippen LogP contribution in [0.25, 0.3) is 10.2 Å². The predicted octanol–water partition coefficient (Wildman–Crippen LogP) is 3.13. The van der Waals surface area contributed by atoms with Crippen molar-refractivity contribution in [1.29, 1.82) is 0 Å².